The predicted molar refractivity (Wildman–Crippen MR) is 154 cm³/mol. The second-order valence-corrected chi connectivity index (χ2v) is 10.3. The second kappa shape index (κ2) is 10.8. The molecule has 2 aromatic heterocycles. The van der Waals surface area contributed by atoms with E-state index in [1.54, 1.807) is 12.1 Å². The highest BCUT2D eigenvalue weighted by Gasteiger charge is 2.23. The van der Waals surface area contributed by atoms with E-state index in [1.807, 2.05) is 58.0 Å². The van der Waals surface area contributed by atoms with Crippen LogP contribution in [0.1, 0.15) is 6.92 Å². The molecule has 0 aliphatic carbocycles. The summed E-state index contributed by atoms with van der Waals surface area (Å²) in [5.41, 5.74) is 4.75. The van der Waals surface area contributed by atoms with Crippen molar-refractivity contribution < 1.29 is 9.90 Å². The van der Waals surface area contributed by atoms with Crippen molar-refractivity contribution in [1.29, 1.82) is 0 Å². The zero-order valence-electron chi connectivity index (χ0n) is 21.6. The number of benzene rings is 3. The van der Waals surface area contributed by atoms with Gasteiger partial charge in [0, 0.05) is 49.5 Å². The number of nitrogens with zero attached hydrogens (tertiary/aromatic N) is 6. The number of aromatic hydroxyl groups is 1. The van der Waals surface area contributed by atoms with Gasteiger partial charge in [-0.25, -0.2) is 4.98 Å². The van der Waals surface area contributed by atoms with Crippen LogP contribution in [0.3, 0.4) is 0 Å². The molecule has 1 saturated heterocycles. The minimum atomic E-state index is 0.126. The van der Waals surface area contributed by atoms with E-state index in [0.29, 0.717) is 12.3 Å². The van der Waals surface area contributed by atoms with Crippen LogP contribution in [0, 0.1) is 0 Å². The molecule has 3 aromatic carbocycles. The molecule has 0 radical (unpaired) electrons. The first-order valence-corrected chi connectivity index (χ1v) is 14.0. The number of hydrogen-bond acceptors (Lipinski definition) is 7. The Morgan fingerprint density at radius 1 is 0.949 bits per heavy atom. The quantitative estimate of drug-likeness (QED) is 0.290. The molecule has 0 bridgehead atoms. The van der Waals surface area contributed by atoms with E-state index in [0.717, 1.165) is 65.1 Å². The average molecular weight is 540 g/mol. The minimum absolute atomic E-state index is 0.126. The third kappa shape index (κ3) is 5.20. The monoisotopic (exact) mass is 539 g/mol. The first-order valence-electron chi connectivity index (χ1n) is 13.0. The largest absolute Gasteiger partial charge is 0.508 e. The molecule has 1 aliphatic heterocycles. The highest BCUT2D eigenvalue weighted by Crippen LogP contribution is 2.28. The Morgan fingerprint density at radius 2 is 1.69 bits per heavy atom. The van der Waals surface area contributed by atoms with Gasteiger partial charge in [-0.1, -0.05) is 30.0 Å². The van der Waals surface area contributed by atoms with Crippen LogP contribution in [0.25, 0.3) is 33.8 Å². The summed E-state index contributed by atoms with van der Waals surface area (Å²) in [6.45, 7) is 5.85. The Bertz CT molecular complexity index is 1590. The van der Waals surface area contributed by atoms with Gasteiger partial charge in [-0.15, -0.1) is 10.2 Å². The van der Waals surface area contributed by atoms with Crippen molar-refractivity contribution in [3.63, 3.8) is 0 Å². The zero-order valence-corrected chi connectivity index (χ0v) is 22.4. The SMILES string of the molecule is CCn1c(SCC(=O)N2CCN(c3ccccc3)CC2)nnc1-c1ccc2nc(-c3ccc(O)cc3)[nH]c2c1. The molecular weight excluding hydrogens is 510 g/mol. The van der Waals surface area contributed by atoms with E-state index in [4.69, 9.17) is 0 Å². The number of nitrogens with one attached hydrogen (secondary N) is 1. The smallest absolute Gasteiger partial charge is 0.233 e. The number of para-hydroxylation sites is 1. The van der Waals surface area contributed by atoms with Crippen molar-refractivity contribution >= 4 is 34.4 Å². The van der Waals surface area contributed by atoms with Crippen molar-refractivity contribution in [3.05, 3.63) is 72.8 Å². The predicted octanol–water partition coefficient (Wildman–Crippen LogP) is 4.65. The van der Waals surface area contributed by atoms with Crippen LogP contribution in [0.4, 0.5) is 5.69 Å². The number of imidazole rings is 1. The highest BCUT2D eigenvalue weighted by molar-refractivity contribution is 7.99. The van der Waals surface area contributed by atoms with Crippen molar-refractivity contribution in [2.75, 3.05) is 36.8 Å². The topological polar surface area (TPSA) is 103 Å². The Balaban J connectivity index is 1.13. The molecule has 0 atom stereocenters. The van der Waals surface area contributed by atoms with Crippen molar-refractivity contribution in [2.45, 2.75) is 18.6 Å². The summed E-state index contributed by atoms with van der Waals surface area (Å²) in [5, 5.41) is 19.2. The number of H-pyrrole nitrogens is 1. The van der Waals surface area contributed by atoms with Gasteiger partial charge in [0.05, 0.1) is 16.8 Å². The van der Waals surface area contributed by atoms with Crippen molar-refractivity contribution in [2.24, 2.45) is 0 Å². The third-order valence-corrected chi connectivity index (χ3v) is 7.94. The number of fused-ring (bicyclic) bond motifs is 1. The summed E-state index contributed by atoms with van der Waals surface area (Å²) in [4.78, 5) is 25.3. The van der Waals surface area contributed by atoms with E-state index < -0.39 is 0 Å². The molecule has 9 nitrogen and oxygen atoms in total. The maximum atomic E-state index is 13.0. The maximum absolute atomic E-state index is 13.0. The molecule has 39 heavy (non-hydrogen) atoms. The first-order chi connectivity index (χ1) is 19.1. The van der Waals surface area contributed by atoms with Gasteiger partial charge in [-0.2, -0.15) is 0 Å². The standard InChI is InChI=1S/C29H29N7O2S/c1-2-36-28(21-10-13-24-25(18-21)31-27(30-24)20-8-11-23(37)12-9-20)32-33-29(36)39-19-26(38)35-16-14-34(15-17-35)22-6-4-3-5-7-22/h3-13,18,37H,2,14-17,19H2,1H3,(H,30,31). The van der Waals surface area contributed by atoms with Crippen LogP contribution in [-0.2, 0) is 11.3 Å². The fraction of sp³-hybridized carbons (Fsp3) is 0.241. The summed E-state index contributed by atoms with van der Waals surface area (Å²) >= 11 is 1.44. The average Bonchev–Trinajstić information content (AvgIpc) is 3.60. The fourth-order valence-corrected chi connectivity index (χ4v) is 5.77. The summed E-state index contributed by atoms with van der Waals surface area (Å²) in [6, 6.07) is 23.3. The van der Waals surface area contributed by atoms with Gasteiger partial charge in [0.15, 0.2) is 11.0 Å². The molecule has 10 heteroatoms. The molecule has 5 aromatic rings. The number of hydrogen-bond donors (Lipinski definition) is 2. The summed E-state index contributed by atoms with van der Waals surface area (Å²) in [6.07, 6.45) is 0. The lowest BCUT2D eigenvalue weighted by atomic mass is 10.2. The number of phenols is 1. The van der Waals surface area contributed by atoms with E-state index in [1.165, 1.54) is 17.4 Å². The van der Waals surface area contributed by atoms with Crippen LogP contribution in [-0.4, -0.2) is 72.6 Å². The summed E-state index contributed by atoms with van der Waals surface area (Å²) in [7, 11) is 0. The van der Waals surface area contributed by atoms with Crippen LogP contribution in [0.5, 0.6) is 5.75 Å². The van der Waals surface area contributed by atoms with Gasteiger partial charge >= 0.3 is 0 Å². The van der Waals surface area contributed by atoms with Gasteiger partial charge in [0.2, 0.25) is 5.91 Å². The molecule has 0 unspecified atom stereocenters. The summed E-state index contributed by atoms with van der Waals surface area (Å²) < 4.78 is 2.05. The lowest BCUT2D eigenvalue weighted by Gasteiger charge is -2.36. The lowest BCUT2D eigenvalue weighted by molar-refractivity contribution is -0.128. The van der Waals surface area contributed by atoms with E-state index >= 15 is 0 Å². The number of aromatic amines is 1. The fourth-order valence-electron chi connectivity index (χ4n) is 4.87. The van der Waals surface area contributed by atoms with Crippen LogP contribution in [0.15, 0.2) is 78.0 Å². The van der Waals surface area contributed by atoms with Crippen LogP contribution >= 0.6 is 11.8 Å². The molecule has 3 heterocycles. The molecule has 1 fully saturated rings. The first kappa shape index (κ1) is 25.0. The van der Waals surface area contributed by atoms with Crippen molar-refractivity contribution in [1.82, 2.24) is 29.6 Å². The number of carbonyl (C=O) groups excluding carboxylic acids is 1. The van der Waals surface area contributed by atoms with Gasteiger partial charge < -0.3 is 24.5 Å². The Labute approximate surface area is 230 Å². The number of phenolic OH excluding ortho intramolecular Hbond substituents is 1. The number of rotatable bonds is 7. The lowest BCUT2D eigenvalue weighted by Crippen LogP contribution is -2.49. The Hall–Kier alpha value is -4.31. The number of aromatic nitrogens is 5. The van der Waals surface area contributed by atoms with Gasteiger partial charge in [0.25, 0.3) is 0 Å². The maximum Gasteiger partial charge on any atom is 0.233 e. The molecule has 0 saturated carbocycles. The molecule has 0 spiro atoms. The molecular formula is C29H29N7O2S. The zero-order chi connectivity index (χ0) is 26.8. The molecule has 6 rings (SSSR count). The van der Waals surface area contributed by atoms with E-state index in [2.05, 4.69) is 44.1 Å². The minimum Gasteiger partial charge on any atom is -0.508 e. The third-order valence-electron chi connectivity index (χ3n) is 6.99. The molecule has 1 aliphatic rings. The van der Waals surface area contributed by atoms with Crippen LogP contribution < -0.4 is 4.90 Å². The van der Waals surface area contributed by atoms with E-state index in [9.17, 15) is 9.90 Å². The van der Waals surface area contributed by atoms with Gasteiger partial charge in [-0.3, -0.25) is 4.79 Å². The highest BCUT2D eigenvalue weighted by atomic mass is 32.2. The van der Waals surface area contributed by atoms with Gasteiger partial charge in [0.1, 0.15) is 11.6 Å². The van der Waals surface area contributed by atoms with Crippen LogP contribution in [0.2, 0.25) is 0 Å². The number of carbonyl (C=O) groups is 1. The second-order valence-electron chi connectivity index (χ2n) is 9.41. The number of anilines is 1. The Morgan fingerprint density at radius 3 is 2.44 bits per heavy atom. The number of piperazine rings is 1. The molecule has 1 amide bonds. The van der Waals surface area contributed by atoms with Crippen molar-refractivity contribution in [3.8, 4) is 28.5 Å². The molecule has 198 valence electrons. The molecule has 2 N–H and O–H groups in total. The summed E-state index contributed by atoms with van der Waals surface area (Å²) in [5.74, 6) is 2.17. The normalized spacial score (nSPS) is 13.8. The number of amides is 1. The van der Waals surface area contributed by atoms with Gasteiger partial charge in [-0.05, 0) is 61.5 Å². The Kier molecular flexibility index (Phi) is 6.93. The van der Waals surface area contributed by atoms with E-state index in [-0.39, 0.29) is 11.7 Å². The number of thioether (sulfide) groups is 1.